The number of H-pyrrole nitrogens is 1. The van der Waals surface area contributed by atoms with Gasteiger partial charge in [0.2, 0.25) is 0 Å². The first-order valence-corrected chi connectivity index (χ1v) is 6.53. The van der Waals surface area contributed by atoms with Crippen molar-refractivity contribution in [2.24, 2.45) is 5.92 Å². The number of carbonyl (C=O) groups is 2. The van der Waals surface area contributed by atoms with Gasteiger partial charge in [-0.25, -0.2) is 0 Å². The molecule has 20 heavy (non-hydrogen) atoms. The molecule has 0 spiro atoms. The van der Waals surface area contributed by atoms with Crippen LogP contribution < -0.4 is 0 Å². The van der Waals surface area contributed by atoms with Crippen molar-refractivity contribution in [3.05, 3.63) is 29.5 Å². The van der Waals surface area contributed by atoms with Crippen LogP contribution in [0.2, 0.25) is 0 Å². The van der Waals surface area contributed by atoms with Crippen molar-refractivity contribution in [3.8, 4) is 0 Å². The quantitative estimate of drug-likeness (QED) is 0.866. The monoisotopic (exact) mass is 273 g/mol. The van der Waals surface area contributed by atoms with Crippen molar-refractivity contribution in [1.29, 1.82) is 0 Å². The van der Waals surface area contributed by atoms with Crippen LogP contribution in [0.25, 0.3) is 10.9 Å². The molecule has 104 valence electrons. The number of nitrogens with one attached hydrogen (secondary N) is 1. The van der Waals surface area contributed by atoms with Crippen LogP contribution in [0, 0.1) is 12.8 Å². The minimum absolute atomic E-state index is 0.203. The van der Waals surface area contributed by atoms with E-state index in [1.54, 1.807) is 4.90 Å². The summed E-state index contributed by atoms with van der Waals surface area (Å²) in [5.74, 6) is -1.51. The van der Waals surface area contributed by atoms with Gasteiger partial charge < -0.3 is 10.0 Å². The molecule has 0 radical (unpaired) electrons. The van der Waals surface area contributed by atoms with Crippen LogP contribution in [0.5, 0.6) is 0 Å². The highest BCUT2D eigenvalue weighted by Gasteiger charge is 2.32. The second-order valence-electron chi connectivity index (χ2n) is 5.20. The van der Waals surface area contributed by atoms with Crippen LogP contribution in [0.15, 0.2) is 18.2 Å². The first-order chi connectivity index (χ1) is 9.56. The highest BCUT2D eigenvalue weighted by atomic mass is 16.4. The first kappa shape index (κ1) is 12.7. The van der Waals surface area contributed by atoms with E-state index in [9.17, 15) is 9.59 Å². The van der Waals surface area contributed by atoms with Gasteiger partial charge in [0.1, 0.15) is 0 Å². The van der Waals surface area contributed by atoms with Gasteiger partial charge in [-0.3, -0.25) is 14.7 Å². The van der Waals surface area contributed by atoms with Crippen molar-refractivity contribution in [3.63, 3.8) is 0 Å². The largest absolute Gasteiger partial charge is 0.481 e. The van der Waals surface area contributed by atoms with Gasteiger partial charge in [-0.1, -0.05) is 11.6 Å². The van der Waals surface area contributed by atoms with Gasteiger partial charge in [0.15, 0.2) is 5.69 Å². The van der Waals surface area contributed by atoms with Crippen LogP contribution in [-0.2, 0) is 4.79 Å². The summed E-state index contributed by atoms with van der Waals surface area (Å²) in [4.78, 5) is 25.0. The van der Waals surface area contributed by atoms with Gasteiger partial charge in [0, 0.05) is 18.5 Å². The third-order valence-corrected chi connectivity index (χ3v) is 3.75. The molecule has 1 aromatic carbocycles. The van der Waals surface area contributed by atoms with E-state index in [0.29, 0.717) is 18.7 Å². The molecule has 0 aliphatic carbocycles. The Balaban J connectivity index is 1.90. The number of aliphatic carboxylic acids is 1. The summed E-state index contributed by atoms with van der Waals surface area (Å²) in [5, 5.41) is 16.7. The highest BCUT2D eigenvalue weighted by Crippen LogP contribution is 2.22. The summed E-state index contributed by atoms with van der Waals surface area (Å²) < 4.78 is 0. The number of fused-ring (bicyclic) bond motifs is 1. The number of carboxylic acids is 1. The second-order valence-corrected chi connectivity index (χ2v) is 5.20. The lowest BCUT2D eigenvalue weighted by Gasteiger charge is -2.14. The molecular formula is C14H15N3O3. The molecule has 1 saturated heterocycles. The van der Waals surface area contributed by atoms with E-state index in [1.807, 2.05) is 25.1 Å². The lowest BCUT2D eigenvalue weighted by molar-refractivity contribution is -0.141. The van der Waals surface area contributed by atoms with Crippen LogP contribution in [0.1, 0.15) is 22.5 Å². The Kier molecular flexibility index (Phi) is 2.93. The summed E-state index contributed by atoms with van der Waals surface area (Å²) in [6, 6.07) is 5.75. The van der Waals surface area contributed by atoms with Gasteiger partial charge in [-0.15, -0.1) is 0 Å². The molecule has 3 rings (SSSR count). The number of rotatable bonds is 2. The Morgan fingerprint density at radius 3 is 2.95 bits per heavy atom. The van der Waals surface area contributed by atoms with Crippen LogP contribution in [-0.4, -0.2) is 45.2 Å². The molecule has 1 aliphatic rings. The van der Waals surface area contributed by atoms with E-state index in [0.717, 1.165) is 16.5 Å². The third-order valence-electron chi connectivity index (χ3n) is 3.75. The number of likely N-dealkylation sites (tertiary alicyclic amines) is 1. The van der Waals surface area contributed by atoms with Gasteiger partial charge >= 0.3 is 5.97 Å². The average molecular weight is 273 g/mol. The van der Waals surface area contributed by atoms with E-state index in [-0.39, 0.29) is 12.5 Å². The minimum Gasteiger partial charge on any atom is -0.481 e. The van der Waals surface area contributed by atoms with Crippen molar-refractivity contribution in [2.75, 3.05) is 13.1 Å². The maximum Gasteiger partial charge on any atom is 0.308 e. The van der Waals surface area contributed by atoms with Gasteiger partial charge in [-0.05, 0) is 25.5 Å². The molecule has 1 unspecified atom stereocenters. The number of benzene rings is 1. The Morgan fingerprint density at radius 1 is 1.45 bits per heavy atom. The Bertz CT molecular complexity index is 692. The zero-order valence-corrected chi connectivity index (χ0v) is 11.1. The maximum atomic E-state index is 12.5. The molecule has 2 N–H and O–H groups in total. The SMILES string of the molecule is Cc1ccc2[nH]nc(C(=O)N3CCC(C(=O)O)C3)c2c1. The van der Waals surface area contributed by atoms with E-state index in [4.69, 9.17) is 5.11 Å². The zero-order chi connectivity index (χ0) is 14.3. The minimum atomic E-state index is -0.844. The normalized spacial score (nSPS) is 18.6. The summed E-state index contributed by atoms with van der Waals surface area (Å²) in [6.45, 7) is 2.68. The fraction of sp³-hybridized carbons (Fsp3) is 0.357. The van der Waals surface area contributed by atoms with Crippen LogP contribution in [0.3, 0.4) is 0 Å². The molecule has 6 heteroatoms. The molecule has 1 fully saturated rings. The summed E-state index contributed by atoms with van der Waals surface area (Å²) in [5.41, 5.74) is 2.24. The Morgan fingerprint density at radius 2 is 2.25 bits per heavy atom. The lowest BCUT2D eigenvalue weighted by atomic mass is 10.1. The number of aryl methyl sites for hydroxylation is 1. The number of carboxylic acid groups (broad SMARTS) is 1. The third kappa shape index (κ3) is 2.03. The predicted octanol–water partition coefficient (Wildman–Crippen LogP) is 1.42. The van der Waals surface area contributed by atoms with Crippen LogP contribution in [0.4, 0.5) is 0 Å². The Labute approximate surface area is 115 Å². The number of carbonyl (C=O) groups excluding carboxylic acids is 1. The number of aromatic amines is 1. The summed E-state index contributed by atoms with van der Waals surface area (Å²) in [7, 11) is 0. The molecule has 1 aromatic heterocycles. The predicted molar refractivity (Wildman–Crippen MR) is 72.5 cm³/mol. The molecule has 0 bridgehead atoms. The van der Waals surface area contributed by atoms with E-state index in [1.165, 1.54) is 0 Å². The first-order valence-electron chi connectivity index (χ1n) is 6.53. The Hall–Kier alpha value is -2.37. The van der Waals surface area contributed by atoms with Crippen molar-refractivity contribution in [1.82, 2.24) is 15.1 Å². The van der Waals surface area contributed by atoms with E-state index < -0.39 is 11.9 Å². The van der Waals surface area contributed by atoms with Gasteiger partial charge in [-0.2, -0.15) is 5.10 Å². The molecule has 2 aromatic rings. The summed E-state index contributed by atoms with van der Waals surface area (Å²) >= 11 is 0. The molecule has 1 amide bonds. The molecule has 2 heterocycles. The molecule has 1 aliphatic heterocycles. The number of nitrogens with zero attached hydrogens (tertiary/aromatic N) is 2. The van der Waals surface area contributed by atoms with Crippen molar-refractivity contribution in [2.45, 2.75) is 13.3 Å². The molecule has 6 nitrogen and oxygen atoms in total. The highest BCUT2D eigenvalue weighted by molar-refractivity contribution is 6.05. The number of aromatic nitrogens is 2. The number of hydrogen-bond acceptors (Lipinski definition) is 3. The molecule has 0 saturated carbocycles. The second kappa shape index (κ2) is 4.63. The fourth-order valence-corrected chi connectivity index (χ4v) is 2.59. The fourth-order valence-electron chi connectivity index (χ4n) is 2.59. The summed E-state index contributed by atoms with van der Waals surface area (Å²) in [6.07, 6.45) is 0.502. The zero-order valence-electron chi connectivity index (χ0n) is 11.1. The van der Waals surface area contributed by atoms with E-state index >= 15 is 0 Å². The van der Waals surface area contributed by atoms with Gasteiger partial charge in [0.25, 0.3) is 5.91 Å². The van der Waals surface area contributed by atoms with Crippen molar-refractivity contribution >= 4 is 22.8 Å². The van der Waals surface area contributed by atoms with E-state index in [2.05, 4.69) is 10.2 Å². The maximum absolute atomic E-state index is 12.5. The smallest absolute Gasteiger partial charge is 0.308 e. The van der Waals surface area contributed by atoms with Gasteiger partial charge in [0.05, 0.1) is 11.4 Å². The number of amides is 1. The molecular weight excluding hydrogens is 258 g/mol. The van der Waals surface area contributed by atoms with Crippen LogP contribution >= 0.6 is 0 Å². The molecule has 1 atom stereocenters. The van der Waals surface area contributed by atoms with Crippen molar-refractivity contribution < 1.29 is 14.7 Å². The average Bonchev–Trinajstić information content (AvgIpc) is 3.04. The lowest BCUT2D eigenvalue weighted by Crippen LogP contribution is -2.30. The topological polar surface area (TPSA) is 86.3 Å². The standard InChI is InChI=1S/C14H15N3O3/c1-8-2-3-11-10(6-8)12(16-15-11)13(18)17-5-4-9(7-17)14(19)20/h2-3,6,9H,4-5,7H2,1H3,(H,15,16)(H,19,20). The number of hydrogen-bond donors (Lipinski definition) is 2.